The second-order valence-electron chi connectivity index (χ2n) is 11.6. The Labute approximate surface area is 215 Å². The number of hydrogen-bond acceptors (Lipinski definition) is 3. The lowest BCUT2D eigenvalue weighted by atomic mass is 10.1. The molecule has 0 aliphatic carbocycles. The van der Waals surface area contributed by atoms with Crippen molar-refractivity contribution in [1.82, 2.24) is 14.9 Å². The van der Waals surface area contributed by atoms with Crippen molar-refractivity contribution in [3.8, 4) is 11.5 Å². The summed E-state index contributed by atoms with van der Waals surface area (Å²) in [5.74, 6) is 3.51. The summed E-state index contributed by atoms with van der Waals surface area (Å²) in [7, 11) is -3.15. The summed E-state index contributed by atoms with van der Waals surface area (Å²) in [5.41, 5.74) is 5.92. The molecule has 1 atom stereocenters. The van der Waals surface area contributed by atoms with Crippen molar-refractivity contribution in [2.45, 2.75) is 96.6 Å². The van der Waals surface area contributed by atoms with Gasteiger partial charge < -0.3 is 14.6 Å². The van der Waals surface area contributed by atoms with Gasteiger partial charge >= 0.3 is 0 Å². The van der Waals surface area contributed by atoms with E-state index in [0.29, 0.717) is 23.4 Å². The Hall–Kier alpha value is -2.15. The van der Waals surface area contributed by atoms with E-state index < -0.39 is 22.2 Å². The second-order valence-corrected chi connectivity index (χ2v) is 22.8. The Kier molecular flexibility index (Phi) is 10.6. The zero-order chi connectivity index (χ0) is 26.2. The molecule has 2 aromatic rings. The van der Waals surface area contributed by atoms with Crippen LogP contribution in [0, 0.1) is 11.5 Å². The van der Waals surface area contributed by atoms with E-state index in [2.05, 4.69) is 82.9 Å². The fourth-order valence-electron chi connectivity index (χ4n) is 4.94. The summed E-state index contributed by atoms with van der Waals surface area (Å²) in [5, 5.41) is 3.16. The lowest BCUT2D eigenvalue weighted by Crippen LogP contribution is -2.43. The lowest BCUT2D eigenvalue weighted by Gasteiger charge is -2.37. The van der Waals surface area contributed by atoms with E-state index in [1.54, 1.807) is 6.20 Å². The average molecular weight is 512 g/mol. The summed E-state index contributed by atoms with van der Waals surface area (Å²) in [4.78, 5) is 17.8. The number of amides is 1. The maximum absolute atomic E-state index is 13.2. The van der Waals surface area contributed by atoms with Crippen LogP contribution in [0.1, 0.15) is 59.0 Å². The first kappa shape index (κ1) is 29.1. The Balaban J connectivity index is 2.30. The Bertz CT molecular complexity index is 977. The Morgan fingerprint density at radius 3 is 2.17 bits per heavy atom. The van der Waals surface area contributed by atoms with Crippen molar-refractivity contribution in [1.29, 1.82) is 0 Å². The molecule has 0 aliphatic rings. The SMILES string of the molecule is CC(C)[Si](C#CC(=O)NC(c1ccccc1)c1nccn1COCC[Si](C)(C)C)(C(C)C)C(C)C. The molecule has 0 saturated carbocycles. The van der Waals surface area contributed by atoms with Crippen LogP contribution in [-0.4, -0.2) is 38.2 Å². The first-order valence-corrected chi connectivity index (χ1v) is 18.8. The Morgan fingerprint density at radius 1 is 1.03 bits per heavy atom. The molecular weight excluding hydrogens is 466 g/mol. The van der Waals surface area contributed by atoms with Crippen LogP contribution in [0.3, 0.4) is 0 Å². The first-order chi connectivity index (χ1) is 16.4. The van der Waals surface area contributed by atoms with Gasteiger partial charge in [0, 0.05) is 27.1 Å². The van der Waals surface area contributed by atoms with E-state index in [-0.39, 0.29) is 5.91 Å². The highest BCUT2D eigenvalue weighted by atomic mass is 28.3. The number of rotatable bonds is 11. The number of carbonyl (C=O) groups excluding carboxylic acids is 1. The summed E-state index contributed by atoms with van der Waals surface area (Å²) in [6.45, 7) is 21.7. The van der Waals surface area contributed by atoms with Crippen molar-refractivity contribution in [2.24, 2.45) is 0 Å². The van der Waals surface area contributed by atoms with Gasteiger partial charge in [0.2, 0.25) is 0 Å². The largest absolute Gasteiger partial charge is 0.361 e. The minimum atomic E-state index is -1.99. The van der Waals surface area contributed by atoms with Crippen LogP contribution in [0.2, 0.25) is 42.3 Å². The normalized spacial score (nSPS) is 13.1. The second kappa shape index (κ2) is 12.7. The van der Waals surface area contributed by atoms with Crippen molar-refractivity contribution < 1.29 is 9.53 Å². The number of ether oxygens (including phenoxy) is 1. The van der Waals surface area contributed by atoms with Crippen molar-refractivity contribution in [3.63, 3.8) is 0 Å². The summed E-state index contributed by atoms with van der Waals surface area (Å²) < 4.78 is 7.96. The summed E-state index contributed by atoms with van der Waals surface area (Å²) in [6.07, 6.45) is 3.67. The van der Waals surface area contributed by atoms with E-state index in [1.165, 1.54) is 0 Å². The highest BCUT2D eigenvalue weighted by Crippen LogP contribution is 2.40. The van der Waals surface area contributed by atoms with Gasteiger partial charge in [-0.15, -0.1) is 5.54 Å². The van der Waals surface area contributed by atoms with Crippen molar-refractivity contribution in [3.05, 3.63) is 54.1 Å². The standard InChI is InChI=1S/C28H45N3O2Si2/c1-22(2)35(23(3)4,24(5)6)19-15-26(32)30-27(25-13-11-10-12-14-25)28-29-16-17-31(28)21-33-18-20-34(7,8)9/h10-14,16-17,22-24,27H,18,20-21H2,1-9H3,(H,30,32). The molecule has 0 saturated heterocycles. The van der Waals surface area contributed by atoms with Gasteiger partial charge in [0.15, 0.2) is 0 Å². The average Bonchev–Trinajstić information content (AvgIpc) is 3.23. The molecular formula is C28H45N3O2Si2. The van der Waals surface area contributed by atoms with Crippen molar-refractivity contribution >= 4 is 22.1 Å². The molecule has 1 N–H and O–H groups in total. The number of imidazole rings is 1. The van der Waals surface area contributed by atoms with E-state index in [4.69, 9.17) is 4.74 Å². The fraction of sp³-hybridized carbons (Fsp3) is 0.571. The number of aromatic nitrogens is 2. The monoisotopic (exact) mass is 511 g/mol. The molecule has 1 unspecified atom stereocenters. The van der Waals surface area contributed by atoms with Gasteiger partial charge in [-0.3, -0.25) is 4.79 Å². The van der Waals surface area contributed by atoms with E-state index >= 15 is 0 Å². The van der Waals surface area contributed by atoms with Crippen molar-refractivity contribution in [2.75, 3.05) is 6.61 Å². The van der Waals surface area contributed by atoms with Gasteiger partial charge in [-0.05, 0) is 34.2 Å². The third-order valence-electron chi connectivity index (χ3n) is 6.90. The third-order valence-corrected chi connectivity index (χ3v) is 14.9. The van der Waals surface area contributed by atoms with Crippen LogP contribution >= 0.6 is 0 Å². The number of nitrogens with one attached hydrogen (secondary N) is 1. The van der Waals surface area contributed by atoms with E-state index in [1.807, 2.05) is 41.1 Å². The quantitative estimate of drug-likeness (QED) is 0.209. The number of hydrogen-bond donors (Lipinski definition) is 1. The van der Waals surface area contributed by atoms with Crippen LogP contribution in [0.5, 0.6) is 0 Å². The minimum Gasteiger partial charge on any atom is -0.361 e. The molecule has 0 spiro atoms. The van der Waals surface area contributed by atoms with Gasteiger partial charge in [0.1, 0.15) is 26.7 Å². The third kappa shape index (κ3) is 7.92. The number of benzene rings is 1. The molecule has 35 heavy (non-hydrogen) atoms. The molecule has 1 aromatic heterocycles. The van der Waals surface area contributed by atoms with E-state index in [9.17, 15) is 4.79 Å². The molecule has 0 aliphatic heterocycles. The minimum absolute atomic E-state index is 0.258. The van der Waals surface area contributed by atoms with Crippen LogP contribution in [-0.2, 0) is 16.3 Å². The maximum Gasteiger partial charge on any atom is 0.296 e. The summed E-state index contributed by atoms with van der Waals surface area (Å²) >= 11 is 0. The molecule has 0 radical (unpaired) electrons. The van der Waals surface area contributed by atoms with Gasteiger partial charge in [0.05, 0.1) is 0 Å². The molecule has 1 amide bonds. The predicted molar refractivity (Wildman–Crippen MR) is 152 cm³/mol. The molecule has 1 aromatic carbocycles. The van der Waals surface area contributed by atoms with Gasteiger partial charge in [0.25, 0.3) is 5.91 Å². The smallest absolute Gasteiger partial charge is 0.296 e. The molecule has 7 heteroatoms. The van der Waals surface area contributed by atoms with Gasteiger partial charge in [-0.2, -0.15) is 0 Å². The van der Waals surface area contributed by atoms with Gasteiger partial charge in [-0.25, -0.2) is 4.98 Å². The highest BCUT2D eigenvalue weighted by Gasteiger charge is 2.41. The molecule has 0 fully saturated rings. The zero-order valence-corrected chi connectivity index (χ0v) is 25.2. The van der Waals surface area contributed by atoms with Crippen LogP contribution in [0.25, 0.3) is 0 Å². The molecule has 192 valence electrons. The van der Waals surface area contributed by atoms with Crippen LogP contribution in [0.15, 0.2) is 42.7 Å². The summed E-state index contributed by atoms with van der Waals surface area (Å²) in [6, 6.07) is 10.7. The Morgan fingerprint density at radius 2 is 1.63 bits per heavy atom. The molecule has 2 rings (SSSR count). The molecule has 0 bridgehead atoms. The number of carbonyl (C=O) groups is 1. The van der Waals surface area contributed by atoms with E-state index in [0.717, 1.165) is 24.0 Å². The predicted octanol–water partition coefficient (Wildman–Crippen LogP) is 6.62. The fourth-order valence-corrected chi connectivity index (χ4v) is 10.9. The molecule has 1 heterocycles. The number of nitrogens with zero attached hydrogens (tertiary/aromatic N) is 2. The zero-order valence-electron chi connectivity index (χ0n) is 23.2. The first-order valence-electron chi connectivity index (χ1n) is 12.9. The maximum atomic E-state index is 13.2. The van der Waals surface area contributed by atoms with Gasteiger partial charge in [-0.1, -0.05) is 91.5 Å². The van der Waals surface area contributed by atoms with Crippen LogP contribution in [0.4, 0.5) is 0 Å². The van der Waals surface area contributed by atoms with Crippen LogP contribution < -0.4 is 5.32 Å². The lowest BCUT2D eigenvalue weighted by molar-refractivity contribution is -0.116. The topological polar surface area (TPSA) is 56.2 Å². The molecule has 5 nitrogen and oxygen atoms in total. The highest BCUT2D eigenvalue weighted by molar-refractivity contribution is 6.90.